The van der Waals surface area contributed by atoms with E-state index in [-0.39, 0.29) is 0 Å². The highest BCUT2D eigenvalue weighted by atomic mass is 16.3. The lowest BCUT2D eigenvalue weighted by Gasteiger charge is -2.33. The molecule has 1 N–H and O–H groups in total. The zero-order valence-electron chi connectivity index (χ0n) is 18.8. The molecule has 1 atom stereocenters. The molecule has 2 nitrogen and oxygen atoms in total. The van der Waals surface area contributed by atoms with Crippen LogP contribution in [0.2, 0.25) is 0 Å². The fourth-order valence-corrected chi connectivity index (χ4v) is 4.83. The van der Waals surface area contributed by atoms with Gasteiger partial charge in [-0.15, -0.1) is 0 Å². The maximum Gasteiger partial charge on any atom is 0.103 e. The highest BCUT2D eigenvalue weighted by Crippen LogP contribution is 2.42. The summed E-state index contributed by atoms with van der Waals surface area (Å²) < 4.78 is 0. The first-order chi connectivity index (χ1) is 15.7. The van der Waals surface area contributed by atoms with Crippen LogP contribution in [0.15, 0.2) is 91.0 Å². The molecule has 1 unspecified atom stereocenters. The molecule has 1 saturated carbocycles. The summed E-state index contributed by atoms with van der Waals surface area (Å²) >= 11 is 0. The average molecular weight is 424 g/mol. The van der Waals surface area contributed by atoms with Gasteiger partial charge in [-0.25, -0.2) is 0 Å². The molecule has 0 spiro atoms. The molecule has 0 bridgehead atoms. The van der Waals surface area contributed by atoms with Crippen LogP contribution in [-0.4, -0.2) is 16.6 Å². The maximum absolute atomic E-state index is 11.7. The quantitative estimate of drug-likeness (QED) is 0.439. The molecule has 0 aromatic heterocycles. The Morgan fingerprint density at radius 3 is 1.75 bits per heavy atom. The number of benzene rings is 3. The van der Waals surface area contributed by atoms with E-state index in [2.05, 4.69) is 89.5 Å². The molecule has 0 radical (unpaired) electrons. The number of hydrogen-bond acceptors (Lipinski definition) is 2. The second-order valence-electron chi connectivity index (χ2n) is 8.92. The van der Waals surface area contributed by atoms with Crippen molar-refractivity contribution in [3.8, 4) is 11.8 Å². The summed E-state index contributed by atoms with van der Waals surface area (Å²) in [5.41, 5.74) is 2.73. The molecule has 1 fully saturated rings. The zero-order chi connectivity index (χ0) is 22.1. The topological polar surface area (TPSA) is 23.5 Å². The Morgan fingerprint density at radius 1 is 0.719 bits per heavy atom. The zero-order valence-corrected chi connectivity index (χ0v) is 18.8. The van der Waals surface area contributed by atoms with Crippen molar-refractivity contribution in [3.05, 3.63) is 108 Å². The van der Waals surface area contributed by atoms with Gasteiger partial charge < -0.3 is 5.11 Å². The van der Waals surface area contributed by atoms with Crippen LogP contribution >= 0.6 is 0 Å². The van der Waals surface area contributed by atoms with Crippen molar-refractivity contribution in [2.24, 2.45) is 5.92 Å². The molecular formula is C30H33NO. The molecule has 2 heteroatoms. The molecular weight excluding hydrogens is 390 g/mol. The fourth-order valence-electron chi connectivity index (χ4n) is 4.83. The van der Waals surface area contributed by atoms with Gasteiger partial charge in [0.1, 0.15) is 5.60 Å². The van der Waals surface area contributed by atoms with Gasteiger partial charge in [-0.05, 0) is 35.4 Å². The molecule has 1 aliphatic carbocycles. The lowest BCUT2D eigenvalue weighted by molar-refractivity contribution is -0.0173. The van der Waals surface area contributed by atoms with Gasteiger partial charge in [0.25, 0.3) is 0 Å². The van der Waals surface area contributed by atoms with E-state index in [0.717, 1.165) is 31.5 Å². The van der Waals surface area contributed by atoms with Crippen molar-refractivity contribution in [1.82, 2.24) is 4.90 Å². The van der Waals surface area contributed by atoms with Crippen LogP contribution in [0, 0.1) is 17.8 Å². The number of nitrogens with zero attached hydrogens (tertiary/aromatic N) is 1. The normalized spacial score (nSPS) is 15.8. The van der Waals surface area contributed by atoms with Gasteiger partial charge in [0, 0.05) is 19.5 Å². The highest BCUT2D eigenvalue weighted by molar-refractivity contribution is 5.26. The Hall–Kier alpha value is -2.86. The lowest BCUT2D eigenvalue weighted by atomic mass is 9.78. The Balaban J connectivity index is 1.47. The SMILES string of the molecule is OC(CC#CCN(Cc1ccccc1)Cc1ccccc1)(c1ccccc1)C1CCCC1. The second kappa shape index (κ2) is 11.1. The molecule has 0 heterocycles. The minimum absolute atomic E-state index is 0.295. The van der Waals surface area contributed by atoms with Gasteiger partial charge in [0.05, 0.1) is 6.54 Å². The summed E-state index contributed by atoms with van der Waals surface area (Å²) in [6.07, 6.45) is 5.07. The van der Waals surface area contributed by atoms with E-state index in [1.807, 2.05) is 18.2 Å². The van der Waals surface area contributed by atoms with Gasteiger partial charge in [-0.3, -0.25) is 4.90 Å². The van der Waals surface area contributed by atoms with Crippen LogP contribution in [0.1, 0.15) is 48.8 Å². The smallest absolute Gasteiger partial charge is 0.103 e. The van der Waals surface area contributed by atoms with Crippen LogP contribution in [0.3, 0.4) is 0 Å². The Labute approximate surface area is 192 Å². The van der Waals surface area contributed by atoms with E-state index in [1.165, 1.54) is 24.0 Å². The van der Waals surface area contributed by atoms with E-state index in [1.54, 1.807) is 0 Å². The molecule has 0 saturated heterocycles. The Bertz CT molecular complexity index is 959. The summed E-state index contributed by atoms with van der Waals surface area (Å²) in [6.45, 7) is 2.39. The summed E-state index contributed by atoms with van der Waals surface area (Å²) in [4.78, 5) is 2.37. The van der Waals surface area contributed by atoms with Crippen LogP contribution in [0.4, 0.5) is 0 Å². The number of aliphatic hydroxyl groups is 1. The third-order valence-corrected chi connectivity index (χ3v) is 6.59. The van der Waals surface area contributed by atoms with E-state index in [9.17, 15) is 5.11 Å². The van der Waals surface area contributed by atoms with E-state index >= 15 is 0 Å². The highest BCUT2D eigenvalue weighted by Gasteiger charge is 2.39. The Morgan fingerprint density at radius 2 is 1.22 bits per heavy atom. The molecule has 32 heavy (non-hydrogen) atoms. The van der Waals surface area contributed by atoms with E-state index in [0.29, 0.717) is 18.9 Å². The van der Waals surface area contributed by atoms with E-state index < -0.39 is 5.60 Å². The van der Waals surface area contributed by atoms with Gasteiger partial charge in [0.2, 0.25) is 0 Å². The van der Waals surface area contributed by atoms with Crippen LogP contribution in [0.25, 0.3) is 0 Å². The predicted octanol–water partition coefficient (Wildman–Crippen LogP) is 6.16. The molecule has 164 valence electrons. The van der Waals surface area contributed by atoms with Gasteiger partial charge in [-0.1, -0.05) is 116 Å². The molecule has 0 amide bonds. The minimum atomic E-state index is -0.853. The largest absolute Gasteiger partial charge is 0.384 e. The molecule has 4 rings (SSSR count). The molecule has 1 aliphatic rings. The van der Waals surface area contributed by atoms with Crippen molar-refractivity contribution in [1.29, 1.82) is 0 Å². The minimum Gasteiger partial charge on any atom is -0.384 e. The summed E-state index contributed by atoms with van der Waals surface area (Å²) in [7, 11) is 0. The molecule has 3 aromatic carbocycles. The first kappa shape index (κ1) is 22.3. The van der Waals surface area contributed by atoms with Crippen molar-refractivity contribution in [2.45, 2.75) is 50.8 Å². The van der Waals surface area contributed by atoms with Crippen molar-refractivity contribution < 1.29 is 5.11 Å². The first-order valence-electron chi connectivity index (χ1n) is 11.8. The van der Waals surface area contributed by atoms with Crippen LogP contribution in [-0.2, 0) is 18.7 Å². The standard InChI is InChI=1S/C30H33NO/c32-30(29-20-10-11-21-29,28-18-8-3-9-19-28)22-12-13-23-31(24-26-14-4-1-5-15-26)25-27-16-6-2-7-17-27/h1-9,14-19,29,32H,10-11,20-25H2. The summed E-state index contributed by atoms with van der Waals surface area (Å²) in [6, 6.07) is 31.3. The number of hydrogen-bond donors (Lipinski definition) is 1. The van der Waals surface area contributed by atoms with Crippen molar-refractivity contribution in [3.63, 3.8) is 0 Å². The Kier molecular flexibility index (Phi) is 7.77. The van der Waals surface area contributed by atoms with Gasteiger partial charge in [-0.2, -0.15) is 0 Å². The second-order valence-corrected chi connectivity index (χ2v) is 8.92. The lowest BCUT2D eigenvalue weighted by Crippen LogP contribution is -2.33. The third-order valence-electron chi connectivity index (χ3n) is 6.59. The van der Waals surface area contributed by atoms with Crippen LogP contribution in [0.5, 0.6) is 0 Å². The fraction of sp³-hybridized carbons (Fsp3) is 0.333. The number of rotatable bonds is 8. The third kappa shape index (κ3) is 5.88. The van der Waals surface area contributed by atoms with E-state index in [4.69, 9.17) is 0 Å². The van der Waals surface area contributed by atoms with Crippen LogP contribution < -0.4 is 0 Å². The van der Waals surface area contributed by atoms with Gasteiger partial charge >= 0.3 is 0 Å². The summed E-state index contributed by atoms with van der Waals surface area (Å²) in [5.74, 6) is 7.05. The maximum atomic E-state index is 11.7. The average Bonchev–Trinajstić information content (AvgIpc) is 3.39. The predicted molar refractivity (Wildman–Crippen MR) is 132 cm³/mol. The first-order valence-corrected chi connectivity index (χ1v) is 11.8. The van der Waals surface area contributed by atoms with Gasteiger partial charge in [0.15, 0.2) is 0 Å². The molecule has 3 aromatic rings. The van der Waals surface area contributed by atoms with Crippen molar-refractivity contribution in [2.75, 3.05) is 6.54 Å². The molecule has 0 aliphatic heterocycles. The monoisotopic (exact) mass is 423 g/mol. The summed E-state index contributed by atoms with van der Waals surface area (Å²) in [5, 5.41) is 11.7. The van der Waals surface area contributed by atoms with Crippen molar-refractivity contribution >= 4 is 0 Å².